The van der Waals surface area contributed by atoms with E-state index in [1.165, 1.54) is 12.7 Å². The maximum atomic E-state index is 12.8. The molecule has 20 rings (SSSR count). The Morgan fingerprint density at radius 3 is 1.59 bits per heavy atom. The number of halogens is 4. The molecular formula is C92H93Cl4N21O5. The third kappa shape index (κ3) is 18.9. The second kappa shape index (κ2) is 37.4. The molecule has 5 saturated heterocycles. The van der Waals surface area contributed by atoms with E-state index < -0.39 is 0 Å². The van der Waals surface area contributed by atoms with Crippen molar-refractivity contribution < 1.29 is 24.0 Å². The Morgan fingerprint density at radius 1 is 0.426 bits per heavy atom. The van der Waals surface area contributed by atoms with Crippen molar-refractivity contribution in [1.82, 2.24) is 102 Å². The molecule has 5 amide bonds. The molecule has 4 aromatic carbocycles. The lowest BCUT2D eigenvalue weighted by molar-refractivity contribution is 0.0689. The minimum absolute atomic E-state index is 0.0114. The third-order valence-corrected chi connectivity index (χ3v) is 24.4. The van der Waals surface area contributed by atoms with Gasteiger partial charge in [0.25, 0.3) is 29.5 Å². The summed E-state index contributed by atoms with van der Waals surface area (Å²) >= 11 is 24.6. The van der Waals surface area contributed by atoms with Crippen LogP contribution in [0.5, 0.6) is 0 Å². The molecule has 5 fully saturated rings. The summed E-state index contributed by atoms with van der Waals surface area (Å²) in [5.41, 5.74) is 13.7. The van der Waals surface area contributed by atoms with Crippen molar-refractivity contribution >= 4 is 126 Å². The second-order valence-electron chi connectivity index (χ2n) is 32.1. The predicted octanol–water partition coefficient (Wildman–Crippen LogP) is 17.4. The van der Waals surface area contributed by atoms with Gasteiger partial charge in [-0.3, -0.25) is 46.9 Å². The van der Waals surface area contributed by atoms with Gasteiger partial charge in [0.2, 0.25) is 0 Å². The lowest BCUT2D eigenvalue weighted by Gasteiger charge is -2.30. The molecule has 1 atom stereocenters. The van der Waals surface area contributed by atoms with Gasteiger partial charge < -0.3 is 24.5 Å². The van der Waals surface area contributed by atoms with Gasteiger partial charge in [-0.05, 0) is 197 Å². The maximum absolute atomic E-state index is 12.8. The molecule has 0 spiro atoms. The van der Waals surface area contributed by atoms with Crippen molar-refractivity contribution in [3.8, 4) is 34.1 Å². The van der Waals surface area contributed by atoms with Gasteiger partial charge in [0.05, 0.1) is 67.2 Å². The predicted molar refractivity (Wildman–Crippen MR) is 475 cm³/mol. The highest BCUT2D eigenvalue weighted by molar-refractivity contribution is 6.35. The van der Waals surface area contributed by atoms with E-state index in [0.717, 1.165) is 194 Å². The Morgan fingerprint density at radius 2 is 0.992 bits per heavy atom. The van der Waals surface area contributed by atoms with E-state index in [1.54, 1.807) is 70.1 Å². The first-order valence-electron chi connectivity index (χ1n) is 41.4. The van der Waals surface area contributed by atoms with Gasteiger partial charge >= 0.3 is 0 Å². The highest BCUT2D eigenvalue weighted by Gasteiger charge is 2.29. The summed E-state index contributed by atoms with van der Waals surface area (Å²) in [6.45, 7) is 16.7. The smallest absolute Gasteiger partial charge is 0.256 e. The summed E-state index contributed by atoms with van der Waals surface area (Å²) in [7, 11) is 1.86. The summed E-state index contributed by atoms with van der Waals surface area (Å²) in [6, 6.07) is 38.1. The number of hydrogen-bond donors (Lipinski definition) is 0. The minimum atomic E-state index is 0.0114. The number of piperidine rings is 4. The minimum Gasteiger partial charge on any atom is -0.339 e. The zero-order chi connectivity index (χ0) is 84.7. The number of amides is 5. The molecule has 1 unspecified atom stereocenters. The summed E-state index contributed by atoms with van der Waals surface area (Å²) in [5.74, 6) is 3.96. The largest absolute Gasteiger partial charge is 0.339 e. The first-order chi connectivity index (χ1) is 59.2. The van der Waals surface area contributed by atoms with E-state index in [-0.39, 0.29) is 34.9 Å². The van der Waals surface area contributed by atoms with Crippen LogP contribution in [-0.2, 0) is 7.05 Å². The molecule has 624 valence electrons. The number of aromatic nitrogens is 16. The number of hydrogen-bond acceptors (Lipinski definition) is 15. The zero-order valence-electron chi connectivity index (χ0n) is 68.5. The average Bonchev–Trinajstić information content (AvgIpc) is 1.63. The van der Waals surface area contributed by atoms with Crippen molar-refractivity contribution in [2.45, 2.75) is 97.3 Å². The number of alkyl halides is 1. The molecule has 11 aromatic heterocycles. The summed E-state index contributed by atoms with van der Waals surface area (Å²) in [4.78, 5) is 108. The van der Waals surface area contributed by atoms with Crippen molar-refractivity contribution in [3.63, 3.8) is 0 Å². The van der Waals surface area contributed by atoms with Crippen molar-refractivity contribution in [2.24, 2.45) is 24.8 Å². The summed E-state index contributed by atoms with van der Waals surface area (Å²) < 4.78 is 11.1. The monoisotopic (exact) mass is 1710 g/mol. The highest BCUT2D eigenvalue weighted by Crippen LogP contribution is 2.33. The lowest BCUT2D eigenvalue weighted by atomic mass is 9.98. The Bertz CT molecular complexity index is 6150. The van der Waals surface area contributed by atoms with Crippen LogP contribution in [0.1, 0.15) is 142 Å². The number of aryl methyl sites for hydroxylation is 2. The second-order valence-corrected chi connectivity index (χ2v) is 34.0. The third-order valence-electron chi connectivity index (χ3n) is 23.2. The van der Waals surface area contributed by atoms with Gasteiger partial charge in [-0.1, -0.05) is 79.8 Å². The van der Waals surface area contributed by atoms with E-state index >= 15 is 0 Å². The first-order valence-corrected chi connectivity index (χ1v) is 43.0. The zero-order valence-corrected chi connectivity index (χ0v) is 71.5. The van der Waals surface area contributed by atoms with Crippen LogP contribution >= 0.6 is 46.4 Å². The number of imidazole rings is 2. The quantitative estimate of drug-likeness (QED) is 0.115. The van der Waals surface area contributed by atoms with E-state index in [0.29, 0.717) is 79.4 Å². The SMILES string of the molecule is CC1CCN(C(=O)c2cnc3c(c2)c(Cl)cn3-c2cnn(C)c2)CC1.CC1CCN(C(=O)c2cnc3c(ccn3-c3ccncn3)c2)CC1.Cc1ccc(-n2cnc3cc(C(=O)N4CCC(C)CC4)ccc32)nc1.O=C(c1ccc2c(c1)ncn2-c1cccc(Cl)c1)N1CCC(Cl)C1.O=C(c1cnc2c(-c3cccc(Cl)c3)cnn2c1)N1CCCCC1. The molecule has 0 aliphatic carbocycles. The number of benzene rings is 4. The molecule has 5 aliphatic heterocycles. The van der Waals surface area contributed by atoms with Crippen LogP contribution in [-0.4, -0.2) is 202 Å². The van der Waals surface area contributed by atoms with Gasteiger partial charge in [0, 0.05) is 171 Å². The molecule has 5 aliphatic rings. The molecule has 15 aromatic rings. The summed E-state index contributed by atoms with van der Waals surface area (Å²) in [6.07, 6.45) is 35.0. The van der Waals surface area contributed by atoms with Crippen LogP contribution in [0.3, 0.4) is 0 Å². The van der Waals surface area contributed by atoms with Crippen molar-refractivity contribution in [2.75, 3.05) is 65.4 Å². The number of carbonyl (C=O) groups excluding carboxylic acids is 5. The Labute approximate surface area is 725 Å². The fourth-order valence-corrected chi connectivity index (χ4v) is 16.8. The number of carbonyl (C=O) groups is 5. The normalized spacial score (nSPS) is 16.0. The number of nitrogens with zero attached hydrogens (tertiary/aromatic N) is 21. The topological polar surface area (TPSA) is 260 Å². The lowest BCUT2D eigenvalue weighted by Crippen LogP contribution is -2.37. The fourth-order valence-electron chi connectivity index (χ4n) is 16.0. The fraction of sp³-hybridized carbons (Fsp3) is 0.315. The molecule has 0 saturated carbocycles. The molecular weight excluding hydrogens is 1620 g/mol. The van der Waals surface area contributed by atoms with Gasteiger partial charge in [0.15, 0.2) is 5.65 Å². The van der Waals surface area contributed by atoms with E-state index in [2.05, 4.69) is 70.8 Å². The highest BCUT2D eigenvalue weighted by atomic mass is 35.5. The van der Waals surface area contributed by atoms with Gasteiger partial charge in [-0.25, -0.2) is 44.4 Å². The molecule has 16 heterocycles. The van der Waals surface area contributed by atoms with Crippen molar-refractivity contribution in [1.29, 1.82) is 0 Å². The molecule has 0 N–H and O–H groups in total. The van der Waals surface area contributed by atoms with Crippen LogP contribution in [0.25, 0.3) is 83.9 Å². The number of pyridine rings is 3. The molecule has 0 bridgehead atoms. The number of fused-ring (bicyclic) bond motifs is 5. The van der Waals surface area contributed by atoms with Crippen LogP contribution in [0.4, 0.5) is 0 Å². The van der Waals surface area contributed by atoms with Crippen LogP contribution < -0.4 is 0 Å². The Hall–Kier alpha value is -12.2. The average molecular weight is 1710 g/mol. The molecule has 26 nitrogen and oxygen atoms in total. The number of rotatable bonds is 10. The Balaban J connectivity index is 0.000000113. The summed E-state index contributed by atoms with van der Waals surface area (Å²) in [5, 5.41) is 12.2. The van der Waals surface area contributed by atoms with Crippen LogP contribution in [0, 0.1) is 24.7 Å². The van der Waals surface area contributed by atoms with Crippen LogP contribution in [0.15, 0.2) is 208 Å². The standard InChI is InChI=1S/C20H22N4O.C18H15Cl2N3O.C18H20ClN5O.C18H17ClN4O.C18H19N5O/c1-14-7-9-23(10-8-14)20(25)16-4-5-18-17(11-16)22-13-24(18)19-6-3-15(2)12-21-19;19-13-2-1-3-15(9-13)23-11-21-16-8-12(4-5-17(16)23)18(24)22-7-6-14(20)10-22;1-12-3-5-23(6-4-12)18(25)13-7-15-16(19)11-24(17(15)20-8-13)14-9-21-22(2)10-14;19-15-6-4-5-13(9-15)16-11-21-23-12-14(10-20-17(16)23)18(24)22-7-2-1-3-8-22;1-13-3-7-22(8-4-13)18(24)15-10-14-5-9-23(17(14)20-11-15)16-2-6-19-12-21-16/h3-6,11-14H,7-10H2,1-2H3;1-5,8-9,11,14H,6-7,10H2;7-12H,3-6H2,1-2H3;4-6,9-12H,1-3,7-8H2;2,5-6,9-13H,3-4,7-8H2,1H3. The first kappa shape index (κ1) is 83.4. The van der Waals surface area contributed by atoms with Gasteiger partial charge in [0.1, 0.15) is 41.9 Å². The van der Waals surface area contributed by atoms with Gasteiger partial charge in [-0.15, -0.1) is 11.6 Å². The molecule has 0 radical (unpaired) electrons. The van der Waals surface area contributed by atoms with Crippen molar-refractivity contribution in [3.05, 3.63) is 257 Å². The van der Waals surface area contributed by atoms with Crippen LogP contribution in [0.2, 0.25) is 15.1 Å². The Kier molecular flexibility index (Phi) is 25.6. The molecule has 122 heavy (non-hydrogen) atoms. The van der Waals surface area contributed by atoms with E-state index in [1.807, 2.05) is 198 Å². The van der Waals surface area contributed by atoms with E-state index in [4.69, 9.17) is 46.4 Å². The molecule has 30 heteroatoms. The maximum Gasteiger partial charge on any atom is 0.256 e. The number of likely N-dealkylation sites (tertiary alicyclic amines) is 5. The van der Waals surface area contributed by atoms with Gasteiger partial charge in [-0.2, -0.15) is 10.2 Å². The van der Waals surface area contributed by atoms with E-state index in [9.17, 15) is 24.0 Å².